The lowest BCUT2D eigenvalue weighted by Crippen LogP contribution is -2.33. The third-order valence-electron chi connectivity index (χ3n) is 2.61. The van der Waals surface area contributed by atoms with E-state index in [1.807, 2.05) is 24.3 Å². The van der Waals surface area contributed by atoms with Gasteiger partial charge in [0.05, 0.1) is 11.9 Å². The van der Waals surface area contributed by atoms with E-state index in [1.54, 1.807) is 12.4 Å². The molecular formula is C13H12N4. The average Bonchev–Trinajstić information content (AvgIpc) is 2.40. The van der Waals surface area contributed by atoms with Crippen molar-refractivity contribution in [2.45, 2.75) is 6.42 Å². The Balaban J connectivity index is 1.85. The van der Waals surface area contributed by atoms with Crippen LogP contribution in [0.25, 0.3) is 0 Å². The molecule has 0 aliphatic carbocycles. The Morgan fingerprint density at radius 2 is 1.88 bits per heavy atom. The molecule has 1 aromatic carbocycles. The van der Waals surface area contributed by atoms with Crippen LogP contribution in [0.2, 0.25) is 0 Å². The van der Waals surface area contributed by atoms with Crippen LogP contribution in [0.1, 0.15) is 5.56 Å². The summed E-state index contributed by atoms with van der Waals surface area (Å²) in [6, 6.07) is 12.1. The number of hydrogen-bond donors (Lipinski definition) is 2. The molecule has 0 bridgehead atoms. The number of nitrogens with zero attached hydrogens (tertiary/aromatic N) is 2. The third-order valence-corrected chi connectivity index (χ3v) is 2.61. The molecule has 2 heterocycles. The van der Waals surface area contributed by atoms with Gasteiger partial charge in [-0.2, -0.15) is 0 Å². The highest BCUT2D eigenvalue weighted by molar-refractivity contribution is 5.92. The van der Waals surface area contributed by atoms with Crippen LogP contribution in [-0.4, -0.2) is 10.8 Å². The van der Waals surface area contributed by atoms with E-state index < -0.39 is 0 Å². The Morgan fingerprint density at radius 1 is 1.00 bits per heavy atom. The summed E-state index contributed by atoms with van der Waals surface area (Å²) in [6.45, 7) is 0. The van der Waals surface area contributed by atoms with Crippen LogP contribution in [0, 0.1) is 0 Å². The van der Waals surface area contributed by atoms with Crippen molar-refractivity contribution in [1.29, 1.82) is 0 Å². The summed E-state index contributed by atoms with van der Waals surface area (Å²) in [5.41, 5.74) is 9.27. The van der Waals surface area contributed by atoms with Crippen molar-refractivity contribution < 1.29 is 0 Å². The number of fused-ring (bicyclic) bond motifs is 1. The summed E-state index contributed by atoms with van der Waals surface area (Å²) in [4.78, 5) is 8.59. The maximum atomic E-state index is 4.52. The minimum atomic E-state index is 0.780. The fourth-order valence-electron chi connectivity index (χ4n) is 1.77. The van der Waals surface area contributed by atoms with E-state index in [0.29, 0.717) is 0 Å². The predicted octanol–water partition coefficient (Wildman–Crippen LogP) is 2.28. The summed E-state index contributed by atoms with van der Waals surface area (Å²) in [5, 5.41) is 0. The maximum absolute atomic E-state index is 4.52. The Labute approximate surface area is 99.4 Å². The predicted molar refractivity (Wildman–Crippen MR) is 68.2 cm³/mol. The number of nitrogens with one attached hydrogen (secondary N) is 2. The van der Waals surface area contributed by atoms with Gasteiger partial charge in [-0.1, -0.05) is 30.3 Å². The molecule has 84 valence electrons. The van der Waals surface area contributed by atoms with Crippen LogP contribution in [0.15, 0.2) is 53.8 Å². The van der Waals surface area contributed by atoms with Gasteiger partial charge in [-0.25, -0.2) is 4.99 Å². The number of benzene rings is 1. The zero-order valence-corrected chi connectivity index (χ0v) is 9.22. The number of anilines is 1. The molecule has 4 heteroatoms. The lowest BCUT2D eigenvalue weighted by Gasteiger charge is -2.18. The van der Waals surface area contributed by atoms with Crippen LogP contribution in [0.5, 0.6) is 0 Å². The minimum absolute atomic E-state index is 0.780. The van der Waals surface area contributed by atoms with Crippen molar-refractivity contribution >= 4 is 17.2 Å². The van der Waals surface area contributed by atoms with Gasteiger partial charge in [0.2, 0.25) is 0 Å². The van der Waals surface area contributed by atoms with E-state index in [-0.39, 0.29) is 0 Å². The summed E-state index contributed by atoms with van der Waals surface area (Å²) in [5.74, 6) is 0.900. The monoisotopic (exact) mass is 224 g/mol. The highest BCUT2D eigenvalue weighted by atomic mass is 15.4. The van der Waals surface area contributed by atoms with Gasteiger partial charge in [0.15, 0.2) is 0 Å². The van der Waals surface area contributed by atoms with Crippen LogP contribution in [0.4, 0.5) is 11.4 Å². The number of pyridine rings is 1. The van der Waals surface area contributed by atoms with Crippen LogP contribution in [-0.2, 0) is 6.42 Å². The number of hydrazine groups is 1. The molecule has 2 aromatic rings. The molecule has 3 rings (SSSR count). The largest absolute Gasteiger partial charge is 0.298 e. The van der Waals surface area contributed by atoms with Gasteiger partial charge < -0.3 is 0 Å². The first-order valence-corrected chi connectivity index (χ1v) is 5.49. The summed E-state index contributed by atoms with van der Waals surface area (Å²) in [7, 11) is 0. The van der Waals surface area contributed by atoms with E-state index in [1.165, 1.54) is 5.56 Å². The first-order valence-electron chi connectivity index (χ1n) is 5.49. The first-order chi connectivity index (χ1) is 8.42. The highest BCUT2D eigenvalue weighted by Crippen LogP contribution is 2.24. The van der Waals surface area contributed by atoms with Crippen LogP contribution >= 0.6 is 0 Å². The smallest absolute Gasteiger partial charge is 0.125 e. The summed E-state index contributed by atoms with van der Waals surface area (Å²) in [6.07, 6.45) is 4.28. The molecule has 0 saturated carbocycles. The van der Waals surface area contributed by atoms with Crippen molar-refractivity contribution in [1.82, 2.24) is 10.4 Å². The molecule has 17 heavy (non-hydrogen) atoms. The van der Waals surface area contributed by atoms with Gasteiger partial charge >= 0.3 is 0 Å². The molecule has 0 amide bonds. The number of amidine groups is 1. The molecule has 0 atom stereocenters. The van der Waals surface area contributed by atoms with E-state index in [0.717, 1.165) is 23.6 Å². The van der Waals surface area contributed by atoms with Gasteiger partial charge in [0, 0.05) is 12.6 Å². The Kier molecular flexibility index (Phi) is 2.46. The van der Waals surface area contributed by atoms with Crippen molar-refractivity contribution in [2.24, 2.45) is 4.99 Å². The number of rotatable bonds is 2. The van der Waals surface area contributed by atoms with Crippen molar-refractivity contribution in [3.05, 3.63) is 54.4 Å². The van der Waals surface area contributed by atoms with Gasteiger partial charge in [-0.3, -0.25) is 15.8 Å². The number of hydrogen-bond acceptors (Lipinski definition) is 4. The first kappa shape index (κ1) is 9.84. The van der Waals surface area contributed by atoms with Gasteiger partial charge in [-0.05, 0) is 11.6 Å². The normalized spacial score (nSPS) is 13.1. The topological polar surface area (TPSA) is 49.3 Å². The molecule has 2 N–H and O–H groups in total. The zero-order chi connectivity index (χ0) is 11.5. The van der Waals surface area contributed by atoms with Gasteiger partial charge in [0.25, 0.3) is 0 Å². The van der Waals surface area contributed by atoms with Crippen molar-refractivity contribution in [2.75, 3.05) is 5.43 Å². The molecule has 0 spiro atoms. The summed E-state index contributed by atoms with van der Waals surface area (Å²) >= 11 is 0. The Bertz CT molecular complexity index is 548. The van der Waals surface area contributed by atoms with Gasteiger partial charge in [-0.15, -0.1) is 0 Å². The van der Waals surface area contributed by atoms with E-state index in [2.05, 4.69) is 33.0 Å². The van der Waals surface area contributed by atoms with Crippen LogP contribution < -0.4 is 10.9 Å². The number of aromatic nitrogens is 1. The lowest BCUT2D eigenvalue weighted by atomic mass is 10.1. The fourth-order valence-corrected chi connectivity index (χ4v) is 1.77. The molecule has 1 aliphatic rings. The summed E-state index contributed by atoms with van der Waals surface area (Å²) < 4.78 is 0. The molecule has 1 aromatic heterocycles. The van der Waals surface area contributed by atoms with E-state index in [9.17, 15) is 0 Å². The van der Waals surface area contributed by atoms with Crippen LogP contribution in [0.3, 0.4) is 0 Å². The Morgan fingerprint density at radius 3 is 2.76 bits per heavy atom. The maximum Gasteiger partial charge on any atom is 0.125 e. The molecule has 0 unspecified atom stereocenters. The lowest BCUT2D eigenvalue weighted by molar-refractivity contribution is 1.03. The van der Waals surface area contributed by atoms with E-state index in [4.69, 9.17) is 0 Å². The second-order valence-corrected chi connectivity index (χ2v) is 3.86. The molecular weight excluding hydrogens is 212 g/mol. The van der Waals surface area contributed by atoms with E-state index >= 15 is 0 Å². The molecule has 0 fully saturated rings. The second-order valence-electron chi connectivity index (χ2n) is 3.86. The van der Waals surface area contributed by atoms with Gasteiger partial charge in [0.1, 0.15) is 11.5 Å². The van der Waals surface area contributed by atoms with Crippen molar-refractivity contribution in [3.63, 3.8) is 0 Å². The standard InChI is InChI=1S/C13H12N4/c1-2-4-10(5-3-1)8-13-15-12-9-14-7-6-11(12)16-17-13/h1-7,9,16H,8H2,(H,15,17). The zero-order valence-electron chi connectivity index (χ0n) is 9.22. The van der Waals surface area contributed by atoms with Crippen molar-refractivity contribution in [3.8, 4) is 0 Å². The second kappa shape index (κ2) is 4.25. The molecule has 4 nitrogen and oxygen atoms in total. The molecule has 1 aliphatic heterocycles. The third kappa shape index (κ3) is 2.10. The SMILES string of the molecule is c1ccc(CC2=Nc3cnccc3NN2)cc1. The Hall–Kier alpha value is -2.36. The minimum Gasteiger partial charge on any atom is -0.298 e. The number of aliphatic imine (C=N–C) groups is 1. The quantitative estimate of drug-likeness (QED) is 0.822. The molecule has 0 radical (unpaired) electrons. The fraction of sp³-hybridized carbons (Fsp3) is 0.0769. The average molecular weight is 224 g/mol. The highest BCUT2D eigenvalue weighted by Gasteiger charge is 2.10. The molecule has 0 saturated heterocycles.